The molecule has 0 fully saturated rings. The normalized spacial score (nSPS) is 10.5. The molecule has 0 bridgehead atoms. The summed E-state index contributed by atoms with van der Waals surface area (Å²) in [4.78, 5) is 4.55. The molecule has 0 unspecified atom stereocenters. The molecule has 140 valence electrons. The Morgan fingerprint density at radius 3 is 2.50 bits per heavy atom. The van der Waals surface area contributed by atoms with Gasteiger partial charge < -0.3 is 0 Å². The second-order valence-corrected chi connectivity index (χ2v) is 7.12. The number of hydrogen-bond acceptors (Lipinski definition) is 1. The maximum Gasteiger partial charge on any atom is 0.264 e. The first kappa shape index (κ1) is 22.3. The number of aryl methyl sites for hydroxylation is 2. The van der Waals surface area contributed by atoms with E-state index < -0.39 is 0 Å². The van der Waals surface area contributed by atoms with E-state index in [9.17, 15) is 0 Å². The first-order valence-electron chi connectivity index (χ1n) is 9.38. The fourth-order valence-electron chi connectivity index (χ4n) is 3.74. The minimum absolute atomic E-state index is 0. The molecule has 1 aromatic heterocycles. The van der Waals surface area contributed by atoms with E-state index in [1.807, 2.05) is 30.1 Å². The van der Waals surface area contributed by atoms with Crippen LogP contribution < -0.4 is 4.57 Å². The van der Waals surface area contributed by atoms with Crippen LogP contribution in [0.2, 0.25) is 0 Å². The minimum atomic E-state index is 0. The molecule has 1 heterocycles. The molecule has 0 aliphatic carbocycles. The van der Waals surface area contributed by atoms with Gasteiger partial charge in [-0.1, -0.05) is 59.1 Å². The third kappa shape index (κ3) is 3.97. The van der Waals surface area contributed by atoms with Crippen molar-refractivity contribution in [1.82, 2.24) is 4.98 Å². The number of hydrogen-bond donors (Lipinski definition) is 0. The Morgan fingerprint density at radius 2 is 1.67 bits per heavy atom. The van der Waals surface area contributed by atoms with Crippen molar-refractivity contribution in [2.24, 2.45) is 7.05 Å². The quantitative estimate of drug-likeness (QED) is 0.156. The van der Waals surface area contributed by atoms with Crippen molar-refractivity contribution < 1.29 is 37.3 Å². The molecule has 4 aromatic carbocycles. The molecule has 5 rings (SSSR count). The van der Waals surface area contributed by atoms with Gasteiger partial charge in [-0.3, -0.25) is 4.57 Å². The van der Waals surface area contributed by atoms with Crippen LogP contribution in [0.5, 0.6) is 0 Å². The van der Waals surface area contributed by atoms with Crippen molar-refractivity contribution in [2.45, 2.75) is 6.92 Å². The molecule has 0 amide bonds. The molecule has 0 saturated carbocycles. The van der Waals surface area contributed by atoms with Gasteiger partial charge in [-0.05, 0) is 10.9 Å². The molecular weight excluding hydrogens is 440 g/mol. The van der Waals surface area contributed by atoms with Crippen molar-refractivity contribution >= 4 is 30.0 Å². The van der Waals surface area contributed by atoms with Gasteiger partial charge in [0.1, 0.15) is 6.20 Å². The zero-order valence-corrected chi connectivity index (χ0v) is 19.9. The van der Waals surface area contributed by atoms with Gasteiger partial charge in [-0.15, -0.1) is 23.1 Å². The Bertz CT molecular complexity index is 1350. The van der Waals surface area contributed by atoms with E-state index in [-0.39, 0.29) is 41.1 Å². The number of aromatic nitrogens is 2. The van der Waals surface area contributed by atoms with Crippen molar-refractivity contribution in [3.05, 3.63) is 96.8 Å². The molecule has 5 aromatic rings. The van der Waals surface area contributed by atoms with Crippen molar-refractivity contribution in [1.29, 1.82) is 0 Å². The Hall–Kier alpha value is -2.35. The van der Waals surface area contributed by atoms with E-state index in [1.54, 1.807) is 0 Å². The Balaban J connectivity index is 0.00000128. The summed E-state index contributed by atoms with van der Waals surface area (Å²) in [6.07, 6.45) is 3.83. The smallest absolute Gasteiger partial charge is 0.264 e. The topological polar surface area (TPSA) is 16.8 Å². The zero-order valence-electron chi connectivity index (χ0n) is 17.1. The molecule has 0 N–H and O–H groups in total. The Labute approximate surface area is 204 Å². The van der Waals surface area contributed by atoms with Crippen LogP contribution in [-0.2, 0) is 39.8 Å². The van der Waals surface area contributed by atoms with Crippen molar-refractivity contribution in [3.63, 3.8) is 0 Å². The van der Waals surface area contributed by atoms with E-state index in [1.165, 1.54) is 21.5 Å². The third-order valence-corrected chi connectivity index (χ3v) is 5.27. The molecule has 0 atom stereocenters. The monoisotopic (exact) mass is 459 g/mol. The van der Waals surface area contributed by atoms with Gasteiger partial charge in [-0.2, -0.15) is 29.8 Å². The van der Waals surface area contributed by atoms with Gasteiger partial charge in [0, 0.05) is 47.2 Å². The van der Waals surface area contributed by atoms with Gasteiger partial charge >= 0.3 is 0 Å². The molecule has 0 spiro atoms. The molecule has 2 nitrogen and oxygen atoms in total. The predicted octanol–water partition coefficient (Wildman–Crippen LogP) is 5.07. The largest absolute Gasteiger partial charge is 0.265 e. The Kier molecular flexibility index (Phi) is 6.85. The van der Waals surface area contributed by atoms with Gasteiger partial charge in [0.05, 0.1) is 13.2 Å². The van der Waals surface area contributed by atoms with Gasteiger partial charge in [0.15, 0.2) is 0 Å². The summed E-state index contributed by atoms with van der Waals surface area (Å²) in [6.45, 7) is 2.10. The maximum absolute atomic E-state index is 4.55. The average molecular weight is 459 g/mol. The third-order valence-electron chi connectivity index (χ3n) is 5.27. The molecule has 4 radical (unpaired) electrons. The number of fused-ring (bicyclic) bond motifs is 3. The zero-order chi connectivity index (χ0) is 19.1. The molecule has 0 aliphatic rings. The summed E-state index contributed by atoms with van der Waals surface area (Å²) < 4.78 is 2.03. The predicted molar refractivity (Wildman–Crippen MR) is 119 cm³/mol. The molecular formula is C26H19BN2Y-. The van der Waals surface area contributed by atoms with Crippen LogP contribution >= 0.6 is 0 Å². The van der Waals surface area contributed by atoms with Crippen molar-refractivity contribution in [2.75, 3.05) is 0 Å². The summed E-state index contributed by atoms with van der Waals surface area (Å²) in [7, 11) is 2.01. The fourth-order valence-corrected chi connectivity index (χ4v) is 3.74. The standard InChI is InChI=1S/C26H19N2.B.Y/c1-18-8-9-21(17-25(18)26-27-14-5-15-28(26)2)20-12-13-24-22(16-20)11-10-19-6-3-4-7-23(19)24;;/h3-11,13-16H,1-2H3;;/q-1;;. The van der Waals surface area contributed by atoms with E-state index in [2.05, 4.69) is 84.7 Å². The summed E-state index contributed by atoms with van der Waals surface area (Å²) in [5.41, 5.74) is 4.25. The van der Waals surface area contributed by atoms with Crippen molar-refractivity contribution in [3.8, 4) is 22.5 Å². The van der Waals surface area contributed by atoms with Crippen LogP contribution in [0.15, 0.2) is 79.1 Å². The number of rotatable bonds is 2. The number of benzene rings is 4. The second kappa shape index (κ2) is 9.20. The first-order chi connectivity index (χ1) is 13.7. The minimum Gasteiger partial charge on any atom is -0.265 e. The van der Waals surface area contributed by atoms with E-state index in [0.29, 0.717) is 0 Å². The molecule has 0 saturated heterocycles. The fraction of sp³-hybridized carbons (Fsp3) is 0.0769. The SMILES string of the molecule is Cc1ccc(-c2[c-]cc3c(ccc4ccccc43)c2)[c-]c1-c1nccc[n+]1C.[B].[Y]. The van der Waals surface area contributed by atoms with Crippen LogP contribution in [0.1, 0.15) is 5.56 Å². The van der Waals surface area contributed by atoms with Crippen LogP contribution in [0, 0.1) is 19.1 Å². The second-order valence-electron chi connectivity index (χ2n) is 7.12. The van der Waals surface area contributed by atoms with Gasteiger partial charge in [0.2, 0.25) is 0 Å². The van der Waals surface area contributed by atoms with E-state index in [0.717, 1.165) is 28.1 Å². The van der Waals surface area contributed by atoms with Crippen LogP contribution in [0.3, 0.4) is 0 Å². The number of nitrogens with zero attached hydrogens (tertiary/aromatic N) is 2. The van der Waals surface area contributed by atoms with Gasteiger partial charge in [0.25, 0.3) is 5.82 Å². The molecule has 4 heteroatoms. The molecule has 30 heavy (non-hydrogen) atoms. The first-order valence-corrected chi connectivity index (χ1v) is 9.38. The van der Waals surface area contributed by atoms with Crippen LogP contribution in [0.25, 0.3) is 44.1 Å². The van der Waals surface area contributed by atoms with Gasteiger partial charge in [-0.25, -0.2) is 5.56 Å². The summed E-state index contributed by atoms with van der Waals surface area (Å²) in [5, 5.41) is 4.96. The van der Waals surface area contributed by atoms with Crippen LogP contribution in [-0.4, -0.2) is 13.4 Å². The summed E-state index contributed by atoms with van der Waals surface area (Å²) >= 11 is 0. The van der Waals surface area contributed by atoms with Crippen LogP contribution in [0.4, 0.5) is 0 Å². The average Bonchev–Trinajstić information content (AvgIpc) is 2.74. The van der Waals surface area contributed by atoms with E-state index >= 15 is 0 Å². The Morgan fingerprint density at radius 1 is 0.867 bits per heavy atom. The summed E-state index contributed by atoms with van der Waals surface area (Å²) in [6, 6.07) is 30.4. The van der Waals surface area contributed by atoms with E-state index in [4.69, 9.17) is 0 Å². The maximum atomic E-state index is 4.55. The molecule has 0 aliphatic heterocycles. The summed E-state index contributed by atoms with van der Waals surface area (Å²) in [5.74, 6) is 0.911.